The maximum Gasteiger partial charge on any atom is 0.308 e. The lowest BCUT2D eigenvalue weighted by Gasteiger charge is -2.53. The molecule has 8 heteroatoms. The van der Waals surface area contributed by atoms with Gasteiger partial charge in [0.25, 0.3) is 5.91 Å². The number of hydrogen-bond acceptors (Lipinski definition) is 5. The number of ether oxygens (including phenoxy) is 1. The Balaban J connectivity index is 1.28. The van der Waals surface area contributed by atoms with Gasteiger partial charge in [-0.25, -0.2) is 0 Å². The molecule has 1 amide bonds. The van der Waals surface area contributed by atoms with Crippen molar-refractivity contribution in [3.8, 4) is 11.8 Å². The summed E-state index contributed by atoms with van der Waals surface area (Å²) in [6.07, 6.45) is 6.45. The van der Waals surface area contributed by atoms with Gasteiger partial charge in [0, 0.05) is 59.8 Å². The van der Waals surface area contributed by atoms with Gasteiger partial charge in [-0.3, -0.25) is 14.5 Å². The number of aromatic amines is 1. The maximum atomic E-state index is 13.1. The highest BCUT2D eigenvalue weighted by molar-refractivity contribution is 5.95. The molecule has 2 aromatic carbocycles. The van der Waals surface area contributed by atoms with Gasteiger partial charge in [-0.2, -0.15) is 5.26 Å². The molecular weight excluding hydrogens is 504 g/mol. The predicted molar refractivity (Wildman–Crippen MR) is 151 cm³/mol. The standard InChI is InChI=1S/C32H36N4O4/c1-20-13-28(40-2)26(25-7-10-34-29(20)25)19-35-12-9-32(14-21(15-32)17-33)16-27(35)22-3-5-23(6-4-22)30(37)36-11-8-24(18-36)31(38)39/h3-7,10,13,21,24,27,34H,8-9,11-12,14-16,18-19H2,1-2H3,(H,38,39). The molecule has 3 fully saturated rings. The summed E-state index contributed by atoms with van der Waals surface area (Å²) in [7, 11) is 1.73. The second-order valence-corrected chi connectivity index (χ2v) is 12.0. The fourth-order valence-corrected chi connectivity index (χ4v) is 7.30. The number of amides is 1. The molecule has 1 spiro atoms. The van der Waals surface area contributed by atoms with Crippen LogP contribution in [0.2, 0.25) is 0 Å². The van der Waals surface area contributed by atoms with Crippen LogP contribution in [0, 0.1) is 35.5 Å². The van der Waals surface area contributed by atoms with Crippen LogP contribution < -0.4 is 4.74 Å². The molecule has 40 heavy (non-hydrogen) atoms. The summed E-state index contributed by atoms with van der Waals surface area (Å²) in [5.41, 5.74) is 5.40. The number of hydrogen-bond donors (Lipinski definition) is 2. The second kappa shape index (κ2) is 10.3. The number of benzene rings is 2. The van der Waals surface area contributed by atoms with Gasteiger partial charge < -0.3 is 19.7 Å². The summed E-state index contributed by atoms with van der Waals surface area (Å²) in [4.78, 5) is 32.0. The van der Waals surface area contributed by atoms with Crippen LogP contribution >= 0.6 is 0 Å². The minimum atomic E-state index is -0.839. The van der Waals surface area contributed by atoms with Crippen molar-refractivity contribution >= 4 is 22.8 Å². The first-order chi connectivity index (χ1) is 19.3. The molecular formula is C32H36N4O4. The van der Waals surface area contributed by atoms with Crippen molar-refractivity contribution < 1.29 is 19.4 Å². The fourth-order valence-electron chi connectivity index (χ4n) is 7.30. The molecule has 1 aliphatic carbocycles. The number of nitriles is 1. The van der Waals surface area contributed by atoms with Crippen molar-refractivity contribution in [3.63, 3.8) is 0 Å². The molecule has 2 atom stereocenters. The molecule has 1 aromatic heterocycles. The van der Waals surface area contributed by atoms with Gasteiger partial charge in [0.2, 0.25) is 0 Å². The van der Waals surface area contributed by atoms with E-state index in [1.165, 1.54) is 10.9 Å². The fraction of sp³-hybridized carbons (Fsp3) is 0.469. The molecule has 0 radical (unpaired) electrons. The molecule has 6 rings (SSSR count). The normalized spacial score (nSPS) is 26.5. The summed E-state index contributed by atoms with van der Waals surface area (Å²) in [6, 6.07) is 14.7. The first-order valence-corrected chi connectivity index (χ1v) is 14.2. The topological polar surface area (TPSA) is 110 Å². The summed E-state index contributed by atoms with van der Waals surface area (Å²) in [5, 5.41) is 20.0. The zero-order valence-electron chi connectivity index (χ0n) is 23.2. The molecule has 208 valence electrons. The van der Waals surface area contributed by atoms with Crippen LogP contribution in [0.1, 0.15) is 65.2 Å². The van der Waals surface area contributed by atoms with Gasteiger partial charge in [-0.1, -0.05) is 12.1 Å². The quantitative estimate of drug-likeness (QED) is 0.440. The highest BCUT2D eigenvalue weighted by Crippen LogP contribution is 2.56. The zero-order valence-corrected chi connectivity index (χ0v) is 23.2. The Bertz CT molecular complexity index is 1480. The Morgan fingerprint density at radius 2 is 1.95 bits per heavy atom. The highest BCUT2D eigenvalue weighted by Gasteiger charge is 2.49. The van der Waals surface area contributed by atoms with Crippen molar-refractivity contribution in [2.24, 2.45) is 17.3 Å². The van der Waals surface area contributed by atoms with E-state index in [1.54, 1.807) is 12.0 Å². The lowest BCUT2D eigenvalue weighted by atomic mass is 9.56. The SMILES string of the molecule is COc1cc(C)c2[nH]ccc2c1CN1CCC2(CC(C#N)C2)CC1c1ccc(C(=O)N2CCC(C(=O)O)C2)cc1. The van der Waals surface area contributed by atoms with Crippen LogP contribution in [0.3, 0.4) is 0 Å². The summed E-state index contributed by atoms with van der Waals surface area (Å²) < 4.78 is 5.85. The number of aliphatic carboxylic acids is 1. The number of carbonyl (C=O) groups excluding carboxylic acids is 1. The number of carboxylic acid groups (broad SMARTS) is 1. The lowest BCUT2D eigenvalue weighted by molar-refractivity contribution is -0.141. The van der Waals surface area contributed by atoms with E-state index in [9.17, 15) is 20.0 Å². The van der Waals surface area contributed by atoms with E-state index in [0.717, 1.165) is 61.2 Å². The molecule has 8 nitrogen and oxygen atoms in total. The average molecular weight is 541 g/mol. The lowest BCUT2D eigenvalue weighted by Crippen LogP contribution is -2.48. The number of H-pyrrole nitrogens is 1. The molecule has 2 aliphatic heterocycles. The number of aromatic nitrogens is 1. The van der Waals surface area contributed by atoms with Crippen molar-refractivity contribution in [1.82, 2.24) is 14.8 Å². The molecule has 0 bridgehead atoms. The molecule has 2 saturated heterocycles. The molecule has 1 saturated carbocycles. The third-order valence-electron chi connectivity index (χ3n) is 9.60. The van der Waals surface area contributed by atoms with Crippen molar-refractivity contribution in [2.75, 3.05) is 26.7 Å². The zero-order chi connectivity index (χ0) is 28.0. The van der Waals surface area contributed by atoms with Crippen molar-refractivity contribution in [1.29, 1.82) is 5.26 Å². The van der Waals surface area contributed by atoms with E-state index in [4.69, 9.17) is 4.74 Å². The minimum Gasteiger partial charge on any atom is -0.496 e. The van der Waals surface area contributed by atoms with Crippen LogP contribution in [0.5, 0.6) is 5.75 Å². The Labute approximate surface area is 234 Å². The monoisotopic (exact) mass is 540 g/mol. The number of nitrogens with zero attached hydrogens (tertiary/aromatic N) is 3. The number of likely N-dealkylation sites (tertiary alicyclic amines) is 2. The Morgan fingerprint density at radius 3 is 2.62 bits per heavy atom. The van der Waals surface area contributed by atoms with Crippen LogP contribution in [0.15, 0.2) is 42.6 Å². The molecule has 3 heterocycles. The van der Waals surface area contributed by atoms with Crippen LogP contribution in [0.4, 0.5) is 0 Å². The number of aryl methyl sites for hydroxylation is 1. The molecule has 3 aromatic rings. The Kier molecular flexibility index (Phi) is 6.79. The van der Waals surface area contributed by atoms with Gasteiger partial charge in [-0.05, 0) is 86.4 Å². The maximum absolute atomic E-state index is 13.1. The summed E-state index contributed by atoms with van der Waals surface area (Å²) >= 11 is 0. The van der Waals surface area contributed by atoms with Crippen LogP contribution in [0.25, 0.3) is 10.9 Å². The third-order valence-corrected chi connectivity index (χ3v) is 9.60. The Hall–Kier alpha value is -3.83. The second-order valence-electron chi connectivity index (χ2n) is 12.0. The number of fused-ring (bicyclic) bond motifs is 1. The van der Waals surface area contributed by atoms with E-state index in [1.807, 2.05) is 18.3 Å². The molecule has 2 unspecified atom stereocenters. The number of rotatable bonds is 6. The predicted octanol–water partition coefficient (Wildman–Crippen LogP) is 5.29. The minimum absolute atomic E-state index is 0.109. The third kappa shape index (κ3) is 4.62. The smallest absolute Gasteiger partial charge is 0.308 e. The largest absolute Gasteiger partial charge is 0.496 e. The number of piperidine rings is 1. The van der Waals surface area contributed by atoms with Crippen molar-refractivity contribution in [3.05, 3.63) is 64.8 Å². The van der Waals surface area contributed by atoms with E-state index in [0.29, 0.717) is 18.5 Å². The number of methoxy groups -OCH3 is 1. The first-order valence-electron chi connectivity index (χ1n) is 14.2. The molecule has 3 aliphatic rings. The number of nitrogens with one attached hydrogen (secondary N) is 1. The van der Waals surface area contributed by atoms with Gasteiger partial charge in [0.05, 0.1) is 19.1 Å². The Morgan fingerprint density at radius 1 is 1.18 bits per heavy atom. The van der Waals surface area contributed by atoms with E-state index >= 15 is 0 Å². The van der Waals surface area contributed by atoms with Gasteiger partial charge in [0.15, 0.2) is 0 Å². The van der Waals surface area contributed by atoms with Gasteiger partial charge in [-0.15, -0.1) is 0 Å². The first kappa shape index (κ1) is 26.4. The highest BCUT2D eigenvalue weighted by atomic mass is 16.5. The number of carboxylic acids is 1. The van der Waals surface area contributed by atoms with Crippen LogP contribution in [-0.4, -0.2) is 58.5 Å². The van der Waals surface area contributed by atoms with Gasteiger partial charge >= 0.3 is 5.97 Å². The van der Waals surface area contributed by atoms with Crippen molar-refractivity contribution in [2.45, 2.75) is 51.6 Å². The van der Waals surface area contributed by atoms with Gasteiger partial charge in [0.1, 0.15) is 5.75 Å². The average Bonchev–Trinajstić information content (AvgIpc) is 3.64. The summed E-state index contributed by atoms with van der Waals surface area (Å²) in [6.45, 7) is 4.50. The molecule has 2 N–H and O–H groups in total. The van der Waals surface area contributed by atoms with E-state index in [2.05, 4.69) is 47.1 Å². The number of carbonyl (C=O) groups is 2. The van der Waals surface area contributed by atoms with Crippen LogP contribution in [-0.2, 0) is 11.3 Å². The summed E-state index contributed by atoms with van der Waals surface area (Å²) in [5.74, 6) is -0.390. The van der Waals surface area contributed by atoms with E-state index in [-0.39, 0.29) is 29.8 Å². The van der Waals surface area contributed by atoms with E-state index < -0.39 is 11.9 Å².